The number of ether oxygens (including phenoxy) is 1. The van der Waals surface area contributed by atoms with Gasteiger partial charge in [-0.15, -0.1) is 0 Å². The topological polar surface area (TPSA) is 41.9 Å². The molecule has 1 aliphatic carbocycles. The molecule has 4 rings (SSSR count). The first-order chi connectivity index (χ1) is 14.3. The molecule has 0 saturated carbocycles. The van der Waals surface area contributed by atoms with Crippen LogP contribution in [-0.4, -0.2) is 35.4 Å². The predicted octanol–water partition coefficient (Wildman–Crippen LogP) is 5.91. The lowest BCUT2D eigenvalue weighted by Gasteiger charge is -2.40. The van der Waals surface area contributed by atoms with Crippen molar-refractivity contribution in [2.24, 2.45) is 4.99 Å². The summed E-state index contributed by atoms with van der Waals surface area (Å²) in [5.74, 6) is 0. The van der Waals surface area contributed by atoms with Crippen LogP contribution in [0.3, 0.4) is 0 Å². The third-order valence-electron chi connectivity index (χ3n) is 6.32. The van der Waals surface area contributed by atoms with Crippen LogP contribution in [0.5, 0.6) is 0 Å². The molecule has 0 N–H and O–H groups in total. The van der Waals surface area contributed by atoms with Crippen molar-refractivity contribution in [3.05, 3.63) is 71.3 Å². The van der Waals surface area contributed by atoms with Crippen molar-refractivity contribution in [1.82, 2.24) is 4.90 Å². The largest absolute Gasteiger partial charge is 0.444 e. The number of fused-ring (bicyclic) bond motifs is 2. The Morgan fingerprint density at radius 2 is 1.67 bits per heavy atom. The molecule has 4 nitrogen and oxygen atoms in total. The molecule has 1 spiro atoms. The van der Waals surface area contributed by atoms with Gasteiger partial charge in [-0.05, 0) is 63.6 Å². The number of hydrogen-bond acceptors (Lipinski definition) is 3. The summed E-state index contributed by atoms with van der Waals surface area (Å²) in [6, 6.07) is 19.3. The minimum Gasteiger partial charge on any atom is -0.444 e. The van der Waals surface area contributed by atoms with Gasteiger partial charge >= 0.3 is 6.09 Å². The van der Waals surface area contributed by atoms with Crippen molar-refractivity contribution in [2.75, 3.05) is 13.1 Å². The number of likely N-dealkylation sites (tertiary alicyclic amines) is 1. The molecule has 1 atom stereocenters. The van der Waals surface area contributed by atoms with Crippen molar-refractivity contribution in [1.29, 1.82) is 0 Å². The van der Waals surface area contributed by atoms with E-state index < -0.39 is 5.60 Å². The van der Waals surface area contributed by atoms with E-state index in [2.05, 4.69) is 55.5 Å². The minimum atomic E-state index is -0.459. The molecule has 1 heterocycles. The summed E-state index contributed by atoms with van der Waals surface area (Å²) in [6.45, 7) is 9.37. The Labute approximate surface area is 180 Å². The lowest BCUT2D eigenvalue weighted by atomic mass is 9.74. The number of nitrogens with zero attached hydrogens (tertiary/aromatic N) is 2. The van der Waals surface area contributed by atoms with Crippen LogP contribution < -0.4 is 0 Å². The summed E-state index contributed by atoms with van der Waals surface area (Å²) < 4.78 is 5.58. The number of carbonyl (C=O) groups is 1. The first-order valence-electron chi connectivity index (χ1n) is 11.0. The lowest BCUT2D eigenvalue weighted by molar-refractivity contribution is 0.0168. The summed E-state index contributed by atoms with van der Waals surface area (Å²) >= 11 is 0. The predicted molar refractivity (Wildman–Crippen MR) is 121 cm³/mol. The quantitative estimate of drug-likeness (QED) is 0.624. The fraction of sp³-hybridized carbons (Fsp3) is 0.462. The molecule has 0 bridgehead atoms. The monoisotopic (exact) mass is 404 g/mol. The molecule has 0 radical (unpaired) electrons. The van der Waals surface area contributed by atoms with Crippen LogP contribution in [0.15, 0.2) is 59.6 Å². The molecule has 30 heavy (non-hydrogen) atoms. The Bertz CT molecular complexity index is 935. The Kier molecular flexibility index (Phi) is 5.44. The Morgan fingerprint density at radius 3 is 2.33 bits per heavy atom. The van der Waals surface area contributed by atoms with Crippen LogP contribution in [0.1, 0.15) is 69.7 Å². The van der Waals surface area contributed by atoms with E-state index in [9.17, 15) is 4.79 Å². The molecule has 0 aromatic heterocycles. The highest BCUT2D eigenvalue weighted by Crippen LogP contribution is 2.47. The highest BCUT2D eigenvalue weighted by Gasteiger charge is 2.45. The zero-order valence-corrected chi connectivity index (χ0v) is 18.5. The lowest BCUT2D eigenvalue weighted by Crippen LogP contribution is -2.46. The highest BCUT2D eigenvalue weighted by molar-refractivity contribution is 6.06. The molecule has 2 aromatic carbocycles. The number of carbonyl (C=O) groups excluding carboxylic acids is 1. The number of rotatable bonds is 2. The van der Waals surface area contributed by atoms with Crippen LogP contribution >= 0.6 is 0 Å². The summed E-state index contributed by atoms with van der Waals surface area (Å²) in [5, 5.41) is 0. The van der Waals surface area contributed by atoms with Gasteiger partial charge in [-0.25, -0.2) is 4.79 Å². The zero-order valence-electron chi connectivity index (χ0n) is 18.5. The van der Waals surface area contributed by atoms with Crippen LogP contribution in [0.25, 0.3) is 0 Å². The Hall–Kier alpha value is -2.62. The number of amides is 1. The number of hydrogen-bond donors (Lipinski definition) is 0. The normalized spacial score (nSPS) is 20.3. The third-order valence-corrected chi connectivity index (χ3v) is 6.32. The molecule has 158 valence electrons. The smallest absolute Gasteiger partial charge is 0.410 e. The fourth-order valence-electron chi connectivity index (χ4n) is 4.75. The molecule has 2 aliphatic rings. The van der Waals surface area contributed by atoms with E-state index in [-0.39, 0.29) is 17.6 Å². The van der Waals surface area contributed by atoms with Gasteiger partial charge in [0.2, 0.25) is 0 Å². The van der Waals surface area contributed by atoms with E-state index in [1.54, 1.807) is 0 Å². The third kappa shape index (κ3) is 4.14. The van der Waals surface area contributed by atoms with Crippen LogP contribution in [-0.2, 0) is 10.2 Å². The maximum Gasteiger partial charge on any atom is 0.410 e. The Balaban J connectivity index is 1.55. The molecular formula is C26H32N2O2. The summed E-state index contributed by atoms with van der Waals surface area (Å²) in [7, 11) is 0. The van der Waals surface area contributed by atoms with Gasteiger partial charge < -0.3 is 9.64 Å². The molecule has 2 aromatic rings. The Morgan fingerprint density at radius 1 is 1.03 bits per heavy atom. The SMILES string of the molecule is CC(N=C1CC2(CCN(C(=O)OC(C)(C)C)CC2)c2ccccc21)c1ccccc1. The number of benzene rings is 2. The molecule has 1 amide bonds. The van der Waals surface area contributed by atoms with E-state index >= 15 is 0 Å². The zero-order chi connectivity index (χ0) is 21.4. The standard InChI is InChI=1S/C26H32N2O2/c1-19(20-10-6-5-7-11-20)27-23-18-26(22-13-9-8-12-21(22)23)14-16-28(17-15-26)24(29)30-25(2,3)4/h5-13,19H,14-18H2,1-4H3. The summed E-state index contributed by atoms with van der Waals surface area (Å²) in [6.07, 6.45) is 2.64. The minimum absolute atomic E-state index is 0.0738. The molecule has 1 fully saturated rings. The summed E-state index contributed by atoms with van der Waals surface area (Å²) in [5.41, 5.74) is 4.74. The maximum atomic E-state index is 12.5. The number of aliphatic imine (C=N–C) groups is 1. The van der Waals surface area contributed by atoms with Crippen LogP contribution in [0.4, 0.5) is 4.79 Å². The van der Waals surface area contributed by atoms with Crippen molar-refractivity contribution in [3.63, 3.8) is 0 Å². The van der Waals surface area contributed by atoms with Gasteiger partial charge in [0.1, 0.15) is 5.60 Å². The second-order valence-electron chi connectivity index (χ2n) is 9.63. The van der Waals surface area contributed by atoms with E-state index in [4.69, 9.17) is 9.73 Å². The van der Waals surface area contributed by atoms with Gasteiger partial charge in [-0.2, -0.15) is 0 Å². The first kappa shape index (κ1) is 20.6. The highest BCUT2D eigenvalue weighted by atomic mass is 16.6. The molecular weight excluding hydrogens is 372 g/mol. The molecule has 4 heteroatoms. The van der Waals surface area contributed by atoms with Crippen molar-refractivity contribution >= 4 is 11.8 Å². The average Bonchev–Trinajstić information content (AvgIpc) is 3.01. The van der Waals surface area contributed by atoms with Gasteiger partial charge in [0.15, 0.2) is 0 Å². The summed E-state index contributed by atoms with van der Waals surface area (Å²) in [4.78, 5) is 19.5. The van der Waals surface area contributed by atoms with Gasteiger partial charge in [-0.3, -0.25) is 4.99 Å². The van der Waals surface area contributed by atoms with E-state index in [0.29, 0.717) is 0 Å². The van der Waals surface area contributed by atoms with Crippen molar-refractivity contribution in [3.8, 4) is 0 Å². The number of piperidine rings is 1. The first-order valence-corrected chi connectivity index (χ1v) is 11.0. The van der Waals surface area contributed by atoms with Crippen LogP contribution in [0.2, 0.25) is 0 Å². The fourth-order valence-corrected chi connectivity index (χ4v) is 4.75. The van der Waals surface area contributed by atoms with Gasteiger partial charge in [0.25, 0.3) is 0 Å². The maximum absolute atomic E-state index is 12.5. The van der Waals surface area contributed by atoms with Gasteiger partial charge in [-0.1, -0.05) is 54.6 Å². The second kappa shape index (κ2) is 7.90. The molecule has 1 saturated heterocycles. The van der Waals surface area contributed by atoms with Gasteiger partial charge in [0.05, 0.1) is 6.04 Å². The molecule has 1 unspecified atom stereocenters. The second-order valence-corrected chi connectivity index (χ2v) is 9.63. The van der Waals surface area contributed by atoms with Crippen molar-refractivity contribution < 1.29 is 9.53 Å². The van der Waals surface area contributed by atoms with E-state index in [1.807, 2.05) is 31.7 Å². The van der Waals surface area contributed by atoms with E-state index in [0.717, 1.165) is 32.4 Å². The average molecular weight is 405 g/mol. The van der Waals surface area contributed by atoms with E-state index in [1.165, 1.54) is 22.4 Å². The van der Waals surface area contributed by atoms with Crippen LogP contribution in [0, 0.1) is 0 Å². The van der Waals surface area contributed by atoms with Crippen molar-refractivity contribution in [2.45, 2.75) is 64.0 Å². The molecule has 1 aliphatic heterocycles. The van der Waals surface area contributed by atoms with Gasteiger partial charge in [0, 0.05) is 24.2 Å².